The molecule has 0 amide bonds. The van der Waals surface area contributed by atoms with E-state index in [2.05, 4.69) is 19.7 Å². The molecule has 6 N–H and O–H groups in total. The van der Waals surface area contributed by atoms with E-state index in [1.807, 2.05) is 0 Å². The summed E-state index contributed by atoms with van der Waals surface area (Å²) < 4.78 is 52.1. The van der Waals surface area contributed by atoms with Crippen LogP contribution in [0.15, 0.2) is 30.6 Å². The number of hydrogen-bond acceptors (Lipinski definition) is 11. The van der Waals surface area contributed by atoms with Gasteiger partial charge in [0.25, 0.3) is 5.60 Å². The van der Waals surface area contributed by atoms with E-state index in [0.717, 1.165) is 17.2 Å². The summed E-state index contributed by atoms with van der Waals surface area (Å²) in [5.41, 5.74) is 3.34. The number of aliphatic hydroxyl groups is 1. The lowest BCUT2D eigenvalue weighted by Crippen LogP contribution is -2.52. The van der Waals surface area contributed by atoms with E-state index in [1.165, 1.54) is 24.3 Å². The van der Waals surface area contributed by atoms with E-state index in [4.69, 9.17) is 26.8 Å². The Balaban J connectivity index is 1.54. The standard InChI is InChI=1S/C21H22ClFN6O9S/c1-39(35,36)28-10-4-2-9(3-5-10)6-21(18(31)32,19(33)34)37-7-11-14(30)12(23)17(38-11)29-8-25-13-15(24)26-20(22)27-16(13)29/h2-5,8,11-12,14,17,28,30H,6-7H2,1H3,(H,31,32)(H,33,34)(H2,24,26,27)/t11-,12+,14-,17-/m1/s1. The Kier molecular flexibility index (Phi) is 7.63. The van der Waals surface area contributed by atoms with Gasteiger partial charge in [0, 0.05) is 12.1 Å². The molecule has 0 radical (unpaired) electrons. The molecule has 0 aliphatic carbocycles. The molecule has 1 saturated heterocycles. The molecule has 18 heteroatoms. The highest BCUT2D eigenvalue weighted by molar-refractivity contribution is 7.92. The zero-order valence-electron chi connectivity index (χ0n) is 19.9. The van der Waals surface area contributed by atoms with Crippen LogP contribution in [0.1, 0.15) is 11.8 Å². The maximum atomic E-state index is 15.1. The second kappa shape index (κ2) is 10.5. The molecule has 0 bridgehead atoms. The van der Waals surface area contributed by atoms with Crippen molar-refractivity contribution in [3.8, 4) is 0 Å². The number of aliphatic hydroxyl groups excluding tert-OH is 1. The van der Waals surface area contributed by atoms with Crippen LogP contribution in [0.3, 0.4) is 0 Å². The molecule has 4 atom stereocenters. The number of anilines is 2. The number of rotatable bonds is 10. The molecule has 0 spiro atoms. The first-order valence-electron chi connectivity index (χ1n) is 11.0. The van der Waals surface area contributed by atoms with Crippen LogP contribution in [-0.2, 0) is 35.5 Å². The minimum Gasteiger partial charge on any atom is -0.479 e. The van der Waals surface area contributed by atoms with Gasteiger partial charge in [-0.05, 0) is 29.3 Å². The number of halogens is 2. The maximum absolute atomic E-state index is 15.1. The predicted octanol–water partition coefficient (Wildman–Crippen LogP) is 0.197. The maximum Gasteiger partial charge on any atom is 0.348 e. The van der Waals surface area contributed by atoms with Crippen LogP contribution in [0.25, 0.3) is 11.2 Å². The number of nitrogens with zero attached hydrogens (tertiary/aromatic N) is 4. The van der Waals surface area contributed by atoms with Crippen LogP contribution < -0.4 is 10.5 Å². The van der Waals surface area contributed by atoms with Crippen molar-refractivity contribution < 1.29 is 47.2 Å². The van der Waals surface area contributed by atoms with Gasteiger partial charge in [-0.15, -0.1) is 0 Å². The van der Waals surface area contributed by atoms with Crippen molar-refractivity contribution in [3.05, 3.63) is 41.4 Å². The number of carboxylic acid groups (broad SMARTS) is 2. The van der Waals surface area contributed by atoms with E-state index in [0.29, 0.717) is 0 Å². The predicted molar refractivity (Wildman–Crippen MR) is 132 cm³/mol. The van der Waals surface area contributed by atoms with Gasteiger partial charge in [-0.3, -0.25) is 9.29 Å². The van der Waals surface area contributed by atoms with Crippen molar-refractivity contribution in [2.75, 3.05) is 23.3 Å². The molecule has 1 aliphatic rings. The summed E-state index contributed by atoms with van der Waals surface area (Å²) in [6, 6.07) is 5.25. The first kappa shape index (κ1) is 28.4. The van der Waals surface area contributed by atoms with Gasteiger partial charge in [-0.25, -0.2) is 27.4 Å². The number of carbonyl (C=O) groups is 2. The molecule has 4 rings (SSSR count). The van der Waals surface area contributed by atoms with Gasteiger partial charge in [0.05, 0.1) is 19.2 Å². The first-order chi connectivity index (χ1) is 18.2. The summed E-state index contributed by atoms with van der Waals surface area (Å²) in [7, 11) is -3.57. The first-order valence-corrected chi connectivity index (χ1v) is 13.3. The van der Waals surface area contributed by atoms with E-state index in [1.54, 1.807) is 0 Å². The average Bonchev–Trinajstić information content (AvgIpc) is 3.37. The number of aliphatic carboxylic acids is 2. The Hall–Kier alpha value is -3.64. The molecule has 1 aromatic carbocycles. The highest BCUT2D eigenvalue weighted by Gasteiger charge is 2.52. The van der Waals surface area contributed by atoms with Crippen molar-refractivity contribution in [1.29, 1.82) is 0 Å². The Labute approximate surface area is 224 Å². The third-order valence-electron chi connectivity index (χ3n) is 5.88. The molecule has 39 heavy (non-hydrogen) atoms. The van der Waals surface area contributed by atoms with Gasteiger partial charge in [0.2, 0.25) is 15.3 Å². The van der Waals surface area contributed by atoms with Crippen LogP contribution in [0.4, 0.5) is 15.9 Å². The quantitative estimate of drug-likeness (QED) is 0.157. The number of benzene rings is 1. The number of nitrogens with one attached hydrogen (secondary N) is 1. The Morgan fingerprint density at radius 2 is 1.90 bits per heavy atom. The summed E-state index contributed by atoms with van der Waals surface area (Å²) in [6.07, 6.45) is -5.54. The summed E-state index contributed by atoms with van der Waals surface area (Å²) in [6.45, 7) is -0.824. The van der Waals surface area contributed by atoms with Crippen LogP contribution in [0.5, 0.6) is 0 Å². The van der Waals surface area contributed by atoms with Crippen molar-refractivity contribution in [2.24, 2.45) is 0 Å². The van der Waals surface area contributed by atoms with Crippen molar-refractivity contribution in [1.82, 2.24) is 19.5 Å². The molecule has 1 fully saturated rings. The molecule has 1 aliphatic heterocycles. The fourth-order valence-corrected chi connectivity index (χ4v) is 4.73. The molecule has 3 heterocycles. The van der Waals surface area contributed by atoms with E-state index in [9.17, 15) is 33.3 Å². The zero-order valence-corrected chi connectivity index (χ0v) is 21.5. The number of nitrogen functional groups attached to an aromatic ring is 1. The molecule has 210 valence electrons. The second-order valence-electron chi connectivity index (χ2n) is 8.70. The number of nitrogens with two attached hydrogens (primary N) is 1. The van der Waals surface area contributed by atoms with Crippen LogP contribution in [0.2, 0.25) is 5.28 Å². The van der Waals surface area contributed by atoms with Crippen LogP contribution in [-0.4, -0.2) is 92.0 Å². The minimum atomic E-state index is -3.57. The number of imidazole rings is 1. The lowest BCUT2D eigenvalue weighted by molar-refractivity contribution is -0.190. The smallest absolute Gasteiger partial charge is 0.348 e. The minimum absolute atomic E-state index is 0.00754. The van der Waals surface area contributed by atoms with Gasteiger partial charge >= 0.3 is 11.9 Å². The van der Waals surface area contributed by atoms with Crippen LogP contribution in [0, 0.1) is 0 Å². The van der Waals surface area contributed by atoms with Gasteiger partial charge in [0.15, 0.2) is 23.9 Å². The Bertz CT molecular complexity index is 1510. The summed E-state index contributed by atoms with van der Waals surface area (Å²) in [5.74, 6) is -3.81. The lowest BCUT2D eigenvalue weighted by Gasteiger charge is -2.27. The fraction of sp³-hybridized carbons (Fsp3) is 0.381. The molecular weight excluding hydrogens is 567 g/mol. The summed E-state index contributed by atoms with van der Waals surface area (Å²) >= 11 is 5.83. The average molecular weight is 589 g/mol. The molecule has 3 aromatic rings. The molecule has 15 nitrogen and oxygen atoms in total. The van der Waals surface area contributed by atoms with Gasteiger partial charge < -0.3 is 30.5 Å². The van der Waals surface area contributed by atoms with Gasteiger partial charge in [-0.1, -0.05) is 12.1 Å². The third kappa shape index (κ3) is 5.71. The molecule has 2 aromatic heterocycles. The van der Waals surface area contributed by atoms with Crippen LogP contribution >= 0.6 is 11.6 Å². The number of hydrogen-bond donors (Lipinski definition) is 5. The normalized spacial score (nSPS) is 21.7. The number of ether oxygens (including phenoxy) is 2. The largest absolute Gasteiger partial charge is 0.479 e. The number of aromatic nitrogens is 4. The van der Waals surface area contributed by atoms with Crippen molar-refractivity contribution in [2.45, 2.75) is 36.6 Å². The third-order valence-corrected chi connectivity index (χ3v) is 6.66. The topological polar surface area (TPSA) is 229 Å². The zero-order chi connectivity index (χ0) is 28.7. The molecular formula is C21H22ClFN6O9S. The molecule has 0 unspecified atom stereocenters. The second-order valence-corrected chi connectivity index (χ2v) is 10.8. The van der Waals surface area contributed by atoms with E-state index < -0.39 is 65.2 Å². The van der Waals surface area contributed by atoms with E-state index >= 15 is 4.39 Å². The highest BCUT2D eigenvalue weighted by atomic mass is 35.5. The van der Waals surface area contributed by atoms with E-state index in [-0.39, 0.29) is 33.5 Å². The number of carboxylic acids is 2. The summed E-state index contributed by atoms with van der Waals surface area (Å²) in [5, 5.41) is 29.8. The Morgan fingerprint density at radius 3 is 2.49 bits per heavy atom. The number of sulfonamides is 1. The van der Waals surface area contributed by atoms with Gasteiger partial charge in [-0.2, -0.15) is 9.97 Å². The SMILES string of the molecule is CS(=O)(=O)Nc1ccc(CC(OC[C@H]2O[C@@H](n3cnc4c(N)nc(Cl)nc43)[C@@H](F)[C@@H]2O)(C(=O)O)C(=O)O)cc1. The van der Waals surface area contributed by atoms with Crippen molar-refractivity contribution >= 4 is 56.2 Å². The monoisotopic (exact) mass is 588 g/mol. The number of alkyl halides is 1. The lowest BCUT2D eigenvalue weighted by atomic mass is 9.94. The number of fused-ring (bicyclic) bond motifs is 1. The van der Waals surface area contributed by atoms with Gasteiger partial charge in [0.1, 0.15) is 17.7 Å². The van der Waals surface area contributed by atoms with Crippen molar-refractivity contribution in [3.63, 3.8) is 0 Å². The Morgan fingerprint density at radius 1 is 1.26 bits per heavy atom. The fourth-order valence-electron chi connectivity index (χ4n) is 4.00. The summed E-state index contributed by atoms with van der Waals surface area (Å²) in [4.78, 5) is 35.9. The molecule has 0 saturated carbocycles. The highest BCUT2D eigenvalue weighted by Crippen LogP contribution is 2.35.